The van der Waals surface area contributed by atoms with Crippen LogP contribution in [0.5, 0.6) is 0 Å². The number of hydrogen-bond donors (Lipinski definition) is 6. The van der Waals surface area contributed by atoms with Crippen LogP contribution in [0.1, 0.15) is 125 Å². The Morgan fingerprint density at radius 1 is 0.939 bits per heavy atom. The Morgan fingerprint density at radius 3 is 2.29 bits per heavy atom. The molecule has 0 aromatic rings. The third kappa shape index (κ3) is 7.48. The van der Waals surface area contributed by atoms with E-state index in [1.54, 1.807) is 0 Å². The zero-order valence-electron chi connectivity index (χ0n) is 31.3. The second kappa shape index (κ2) is 15.4. The van der Waals surface area contributed by atoms with E-state index >= 15 is 0 Å². The van der Waals surface area contributed by atoms with Gasteiger partial charge in [0.05, 0.1) is 18.8 Å². The van der Waals surface area contributed by atoms with E-state index in [2.05, 4.69) is 45.3 Å². The van der Waals surface area contributed by atoms with Gasteiger partial charge in [0.15, 0.2) is 0 Å². The van der Waals surface area contributed by atoms with Gasteiger partial charge >= 0.3 is 0 Å². The van der Waals surface area contributed by atoms with Crippen LogP contribution in [0.4, 0.5) is 0 Å². The molecule has 10 nitrogen and oxygen atoms in total. The molecule has 5 rings (SSSR count). The average molecular weight is 693 g/mol. The van der Waals surface area contributed by atoms with Crippen molar-refractivity contribution in [1.29, 1.82) is 0 Å². The minimum atomic E-state index is -1.94. The molecule has 2 amide bonds. The molecule has 5 fully saturated rings. The minimum Gasteiger partial charge on any atom is -0.394 e. The fourth-order valence-corrected chi connectivity index (χ4v) is 12.1. The number of aliphatic hydroxyl groups is 4. The van der Waals surface area contributed by atoms with Crippen molar-refractivity contribution in [2.75, 3.05) is 13.7 Å². The number of methoxy groups -OCH3 is 1. The fraction of sp³-hybridized carbons (Fsp3) is 0.949. The third-order valence-corrected chi connectivity index (χ3v) is 14.7. The van der Waals surface area contributed by atoms with Crippen LogP contribution in [-0.2, 0) is 19.1 Å². The number of carbonyl (C=O) groups excluding carboxylic acids is 2. The Balaban J connectivity index is 1.24. The molecule has 0 aromatic carbocycles. The van der Waals surface area contributed by atoms with Crippen LogP contribution in [-0.4, -0.2) is 88.2 Å². The van der Waals surface area contributed by atoms with Gasteiger partial charge in [0.2, 0.25) is 5.91 Å². The maximum Gasteiger partial charge on any atom is 0.280 e. The Labute approximate surface area is 294 Å². The maximum absolute atomic E-state index is 14.0. The number of fused-ring (bicyclic) bond motifs is 5. The minimum absolute atomic E-state index is 0.0780. The lowest BCUT2D eigenvalue weighted by Crippen LogP contribution is -2.69. The summed E-state index contributed by atoms with van der Waals surface area (Å²) in [7, 11) is 1.31. The molecule has 6 N–H and O–H groups in total. The lowest BCUT2D eigenvalue weighted by atomic mass is 9.44. The summed E-state index contributed by atoms with van der Waals surface area (Å²) in [6.45, 7) is 12.9. The van der Waals surface area contributed by atoms with E-state index < -0.39 is 54.7 Å². The molecule has 10 heteroatoms. The molecule has 0 radical (unpaired) electrons. The highest BCUT2D eigenvalue weighted by Crippen LogP contribution is 2.68. The first-order chi connectivity index (χ1) is 23.1. The highest BCUT2D eigenvalue weighted by Gasteiger charge is 2.61. The quantitative estimate of drug-likeness (QED) is 0.177. The van der Waals surface area contributed by atoms with Crippen molar-refractivity contribution in [2.45, 2.75) is 167 Å². The van der Waals surface area contributed by atoms with Gasteiger partial charge in [-0.25, -0.2) is 0 Å². The molecule has 0 spiro atoms. The van der Waals surface area contributed by atoms with Crippen LogP contribution in [0, 0.1) is 52.3 Å². The molecule has 282 valence electrons. The van der Waals surface area contributed by atoms with Crippen LogP contribution in [0.2, 0.25) is 0 Å². The fourth-order valence-electron chi connectivity index (χ4n) is 12.1. The number of carbonyl (C=O) groups is 2. The topological polar surface area (TPSA) is 158 Å². The molecule has 4 aliphatic carbocycles. The van der Waals surface area contributed by atoms with Crippen molar-refractivity contribution in [3.8, 4) is 0 Å². The highest BCUT2D eigenvalue weighted by atomic mass is 16.7. The number of amides is 2. The van der Waals surface area contributed by atoms with Gasteiger partial charge in [0, 0.05) is 26.5 Å². The van der Waals surface area contributed by atoms with E-state index in [4.69, 9.17) is 9.47 Å². The van der Waals surface area contributed by atoms with Gasteiger partial charge in [-0.15, -0.1) is 0 Å². The van der Waals surface area contributed by atoms with Gasteiger partial charge in [0.1, 0.15) is 18.3 Å². The Kier molecular flexibility index (Phi) is 12.2. The van der Waals surface area contributed by atoms with Crippen molar-refractivity contribution in [2.24, 2.45) is 52.3 Å². The molecule has 15 atom stereocenters. The molecule has 1 saturated heterocycles. The highest BCUT2D eigenvalue weighted by molar-refractivity contribution is 5.84. The molecule has 5 aliphatic rings. The summed E-state index contributed by atoms with van der Waals surface area (Å²) in [5, 5.41) is 47.3. The number of nitrogens with one attached hydrogen (secondary N) is 2. The summed E-state index contributed by atoms with van der Waals surface area (Å²) in [5.74, 6) is 2.33. The molecule has 49 heavy (non-hydrogen) atoms. The second-order valence-electron chi connectivity index (χ2n) is 17.9. The van der Waals surface area contributed by atoms with Crippen LogP contribution in [0.25, 0.3) is 0 Å². The van der Waals surface area contributed by atoms with E-state index in [-0.39, 0.29) is 17.9 Å². The first-order valence-electron chi connectivity index (χ1n) is 19.6. The normalized spacial score (nSPS) is 43.9. The summed E-state index contributed by atoms with van der Waals surface area (Å²) in [4.78, 5) is 25.9. The molecular formula is C39H68N2O8. The van der Waals surface area contributed by atoms with Gasteiger partial charge in [0.25, 0.3) is 11.7 Å². The smallest absolute Gasteiger partial charge is 0.280 e. The van der Waals surface area contributed by atoms with Gasteiger partial charge in [-0.05, 0) is 110 Å². The monoisotopic (exact) mass is 692 g/mol. The molecule has 0 aromatic heterocycles. The first kappa shape index (κ1) is 38.9. The average Bonchev–Trinajstić information content (AvgIpc) is 3.42. The Hall–Kier alpha value is -1.30. The van der Waals surface area contributed by atoms with Crippen molar-refractivity contribution in [1.82, 2.24) is 10.6 Å². The van der Waals surface area contributed by atoms with E-state index in [0.717, 1.165) is 54.8 Å². The van der Waals surface area contributed by atoms with Crippen molar-refractivity contribution in [3.63, 3.8) is 0 Å². The second-order valence-corrected chi connectivity index (χ2v) is 17.9. The number of aliphatic hydroxyl groups excluding tert-OH is 4. The van der Waals surface area contributed by atoms with Crippen LogP contribution >= 0.6 is 0 Å². The van der Waals surface area contributed by atoms with E-state index in [9.17, 15) is 30.0 Å². The summed E-state index contributed by atoms with van der Waals surface area (Å²) >= 11 is 0. The largest absolute Gasteiger partial charge is 0.394 e. The van der Waals surface area contributed by atoms with Crippen molar-refractivity contribution >= 4 is 11.8 Å². The summed E-state index contributed by atoms with van der Waals surface area (Å²) in [5.41, 5.74) is 0.716. The Morgan fingerprint density at radius 2 is 1.63 bits per heavy atom. The zero-order valence-corrected chi connectivity index (χ0v) is 31.3. The van der Waals surface area contributed by atoms with Gasteiger partial charge < -0.3 is 40.5 Å². The number of ether oxygens (including phenoxy) is 2. The van der Waals surface area contributed by atoms with Crippen molar-refractivity contribution in [3.05, 3.63) is 0 Å². The van der Waals surface area contributed by atoms with E-state index in [0.29, 0.717) is 11.3 Å². The summed E-state index contributed by atoms with van der Waals surface area (Å²) in [6.07, 6.45) is 8.44. The molecule has 1 unspecified atom stereocenters. The number of hydrogen-bond acceptors (Lipinski definition) is 8. The molecule has 0 bridgehead atoms. The third-order valence-electron chi connectivity index (χ3n) is 14.7. The molecular weight excluding hydrogens is 624 g/mol. The standard InChI is InChI=1S/C39H68N2O8/c1-22(2)9-8-10-23(3)28-13-14-29-27-12-11-25-19-26(15-17-37(25,5)30(27)16-18-38(28,29)6)41-36(47)39(48-7)20-31(44)33(40-24(4)43)35(49-39)34(46)32(45)21-42/h22-23,25-35,42,44-46H,8-21H2,1-7H3,(H,40,43)(H,41,47)/t23-,25+,26-,27+,28-,29+,30+,31+,32-,33-,34-,35?,37+,38-,39-/m1/s1. The maximum atomic E-state index is 14.0. The number of rotatable bonds is 12. The lowest BCUT2D eigenvalue weighted by molar-refractivity contribution is -0.296. The Bertz CT molecular complexity index is 1150. The lowest BCUT2D eigenvalue weighted by Gasteiger charge is -2.61. The SMILES string of the molecule is CO[C@]1(C(=O)N[C@@H]2CC[C@@]3(C)[C@@H](CC[C@@H]4[C@@H]3CC[C@]3(C)[C@@H]([C@H](C)CCCC(C)C)CC[C@@H]43)C2)C[C@H](O)[C@@H](NC(C)=O)C([C@H](O)[C@H](O)CO)O1. The predicted molar refractivity (Wildman–Crippen MR) is 187 cm³/mol. The van der Waals surface area contributed by atoms with Gasteiger partial charge in [-0.2, -0.15) is 0 Å². The van der Waals surface area contributed by atoms with Crippen LogP contribution in [0.15, 0.2) is 0 Å². The van der Waals surface area contributed by atoms with Gasteiger partial charge in [-0.3, -0.25) is 9.59 Å². The molecule has 4 saturated carbocycles. The first-order valence-corrected chi connectivity index (χ1v) is 19.6. The van der Waals surface area contributed by atoms with Gasteiger partial charge in [-0.1, -0.05) is 53.9 Å². The van der Waals surface area contributed by atoms with Crippen LogP contribution < -0.4 is 10.6 Å². The molecule has 1 heterocycles. The summed E-state index contributed by atoms with van der Waals surface area (Å²) in [6, 6.07) is -1.19. The van der Waals surface area contributed by atoms with Crippen molar-refractivity contribution < 1.29 is 39.5 Å². The molecule has 1 aliphatic heterocycles. The predicted octanol–water partition coefficient (Wildman–Crippen LogP) is 4.30. The van der Waals surface area contributed by atoms with Crippen LogP contribution in [0.3, 0.4) is 0 Å². The van der Waals surface area contributed by atoms with E-state index in [1.807, 2.05) is 0 Å². The van der Waals surface area contributed by atoms with E-state index in [1.165, 1.54) is 71.8 Å². The summed E-state index contributed by atoms with van der Waals surface area (Å²) < 4.78 is 11.7. The zero-order chi connectivity index (χ0) is 35.9.